The Morgan fingerprint density at radius 3 is 2.43 bits per heavy atom. The number of carbonyl (C=O) groups excluding carboxylic acids is 2. The number of methoxy groups -OCH3 is 1. The number of rotatable bonds is 4. The number of ether oxygens (including phenoxy) is 2. The Balaban J connectivity index is 1.78. The first-order chi connectivity index (χ1) is 14.2. The van der Waals surface area contributed by atoms with Gasteiger partial charge in [0.15, 0.2) is 0 Å². The average Bonchev–Trinajstić information content (AvgIpc) is 2.73. The lowest BCUT2D eigenvalue weighted by Gasteiger charge is -2.38. The molecule has 1 aromatic carbocycles. The Morgan fingerprint density at radius 2 is 1.83 bits per heavy atom. The Labute approximate surface area is 177 Å². The summed E-state index contributed by atoms with van der Waals surface area (Å²) in [6.07, 6.45) is 1.92. The number of nitrogens with zero attached hydrogens (tertiary/aromatic N) is 2. The van der Waals surface area contributed by atoms with E-state index < -0.39 is 5.60 Å². The second-order valence-electron chi connectivity index (χ2n) is 8.48. The number of amides is 2. The van der Waals surface area contributed by atoms with Crippen LogP contribution in [-0.4, -0.2) is 53.7 Å². The van der Waals surface area contributed by atoms with E-state index in [2.05, 4.69) is 10.3 Å². The molecule has 3 rings (SSSR count). The van der Waals surface area contributed by atoms with E-state index in [1.54, 1.807) is 36.4 Å². The first-order valence-corrected chi connectivity index (χ1v) is 10.1. The molecule has 160 valence electrons. The molecule has 2 heterocycles. The van der Waals surface area contributed by atoms with Crippen LogP contribution in [0.1, 0.15) is 49.2 Å². The lowest BCUT2D eigenvalue weighted by Crippen LogP contribution is -2.53. The third-order valence-corrected chi connectivity index (χ3v) is 4.92. The van der Waals surface area contributed by atoms with Crippen molar-refractivity contribution in [3.8, 4) is 5.75 Å². The second-order valence-corrected chi connectivity index (χ2v) is 8.48. The maximum atomic E-state index is 12.8. The van der Waals surface area contributed by atoms with E-state index in [0.717, 1.165) is 11.3 Å². The van der Waals surface area contributed by atoms with E-state index in [0.29, 0.717) is 25.2 Å². The van der Waals surface area contributed by atoms with Gasteiger partial charge in [-0.1, -0.05) is 18.2 Å². The quantitative estimate of drug-likeness (QED) is 0.831. The van der Waals surface area contributed by atoms with Crippen LogP contribution in [0.4, 0.5) is 4.79 Å². The predicted molar refractivity (Wildman–Crippen MR) is 114 cm³/mol. The predicted octanol–water partition coefficient (Wildman–Crippen LogP) is 3.61. The van der Waals surface area contributed by atoms with Crippen molar-refractivity contribution in [3.05, 3.63) is 59.9 Å². The Kier molecular flexibility index (Phi) is 6.59. The summed E-state index contributed by atoms with van der Waals surface area (Å²) in [4.78, 5) is 31.2. The SMILES string of the molecule is COc1ccc(C2CC(NC(=O)c3ccccn3)CN(C(=O)OC(C)(C)C)C2)cc1. The molecule has 1 aliphatic rings. The van der Waals surface area contributed by atoms with Gasteiger partial charge in [0.25, 0.3) is 5.91 Å². The summed E-state index contributed by atoms with van der Waals surface area (Å²) in [6.45, 7) is 6.44. The van der Waals surface area contributed by atoms with Gasteiger partial charge in [0.2, 0.25) is 0 Å². The summed E-state index contributed by atoms with van der Waals surface area (Å²) in [7, 11) is 1.63. The van der Waals surface area contributed by atoms with Crippen LogP contribution < -0.4 is 10.1 Å². The molecule has 7 heteroatoms. The van der Waals surface area contributed by atoms with Gasteiger partial charge in [-0.25, -0.2) is 4.79 Å². The lowest BCUT2D eigenvalue weighted by atomic mass is 9.88. The zero-order valence-corrected chi connectivity index (χ0v) is 17.9. The molecule has 1 aliphatic heterocycles. The van der Waals surface area contributed by atoms with E-state index in [4.69, 9.17) is 9.47 Å². The number of pyridine rings is 1. The van der Waals surface area contributed by atoms with Crippen LogP contribution in [0, 0.1) is 0 Å². The van der Waals surface area contributed by atoms with Crippen molar-refractivity contribution >= 4 is 12.0 Å². The Hall–Kier alpha value is -3.09. The molecule has 7 nitrogen and oxygen atoms in total. The number of likely N-dealkylation sites (tertiary alicyclic amines) is 1. The van der Waals surface area contributed by atoms with Crippen LogP contribution in [-0.2, 0) is 4.74 Å². The zero-order chi connectivity index (χ0) is 21.7. The topological polar surface area (TPSA) is 80.8 Å². The molecule has 30 heavy (non-hydrogen) atoms. The van der Waals surface area contributed by atoms with Gasteiger partial charge in [-0.05, 0) is 57.0 Å². The average molecular weight is 412 g/mol. The third kappa shape index (κ3) is 5.72. The normalized spacial score (nSPS) is 19.1. The van der Waals surface area contributed by atoms with Gasteiger partial charge in [-0.15, -0.1) is 0 Å². The summed E-state index contributed by atoms with van der Waals surface area (Å²) in [5.41, 5.74) is 0.852. The van der Waals surface area contributed by atoms with Crippen molar-refractivity contribution in [2.45, 2.75) is 44.8 Å². The van der Waals surface area contributed by atoms with Crippen LogP contribution in [0.5, 0.6) is 5.75 Å². The minimum absolute atomic E-state index is 0.0613. The smallest absolute Gasteiger partial charge is 0.410 e. The van der Waals surface area contributed by atoms with Gasteiger partial charge in [0.05, 0.1) is 7.11 Å². The summed E-state index contributed by atoms with van der Waals surface area (Å²) in [6, 6.07) is 12.8. The Morgan fingerprint density at radius 1 is 1.10 bits per heavy atom. The first kappa shape index (κ1) is 21.6. The maximum Gasteiger partial charge on any atom is 0.410 e. The maximum absolute atomic E-state index is 12.8. The molecule has 1 fully saturated rings. The molecule has 1 aromatic heterocycles. The van der Waals surface area contributed by atoms with E-state index >= 15 is 0 Å². The van der Waals surface area contributed by atoms with Crippen molar-refractivity contribution in [2.24, 2.45) is 0 Å². The van der Waals surface area contributed by atoms with Crippen LogP contribution in [0.3, 0.4) is 0 Å². The highest BCUT2D eigenvalue weighted by molar-refractivity contribution is 5.92. The highest BCUT2D eigenvalue weighted by Crippen LogP contribution is 2.29. The molecule has 2 amide bonds. The molecule has 0 aliphatic carbocycles. The van der Waals surface area contributed by atoms with Crippen molar-refractivity contribution in [2.75, 3.05) is 20.2 Å². The fourth-order valence-corrected chi connectivity index (χ4v) is 3.55. The molecule has 2 aromatic rings. The fraction of sp³-hybridized carbons (Fsp3) is 0.435. The largest absolute Gasteiger partial charge is 0.497 e. The van der Waals surface area contributed by atoms with Gasteiger partial charge >= 0.3 is 6.09 Å². The molecule has 0 bridgehead atoms. The summed E-state index contributed by atoms with van der Waals surface area (Å²) < 4.78 is 10.8. The zero-order valence-electron chi connectivity index (χ0n) is 17.9. The van der Waals surface area contributed by atoms with E-state index in [9.17, 15) is 9.59 Å². The van der Waals surface area contributed by atoms with Crippen LogP contribution >= 0.6 is 0 Å². The summed E-state index contributed by atoms with van der Waals surface area (Å²) in [5, 5.41) is 3.03. The van der Waals surface area contributed by atoms with Crippen molar-refractivity contribution in [1.29, 1.82) is 0 Å². The molecular weight excluding hydrogens is 382 g/mol. The van der Waals surface area contributed by atoms with Crippen LogP contribution in [0.15, 0.2) is 48.7 Å². The van der Waals surface area contributed by atoms with E-state index in [1.807, 2.05) is 45.0 Å². The minimum Gasteiger partial charge on any atom is -0.497 e. The third-order valence-electron chi connectivity index (χ3n) is 4.92. The van der Waals surface area contributed by atoms with Crippen LogP contribution in [0.25, 0.3) is 0 Å². The standard InChI is InChI=1S/C23H29N3O4/c1-23(2,3)30-22(28)26-14-17(16-8-10-19(29-4)11-9-16)13-18(15-26)25-21(27)20-7-5-6-12-24-20/h5-12,17-18H,13-15H2,1-4H3,(H,25,27). The van der Waals surface area contributed by atoms with Gasteiger partial charge < -0.3 is 19.7 Å². The number of hydrogen-bond donors (Lipinski definition) is 1. The first-order valence-electron chi connectivity index (χ1n) is 10.1. The van der Waals surface area contributed by atoms with E-state index in [1.165, 1.54) is 0 Å². The van der Waals surface area contributed by atoms with Gasteiger partial charge in [0, 0.05) is 31.2 Å². The number of nitrogens with one attached hydrogen (secondary N) is 1. The number of benzene rings is 1. The van der Waals surface area contributed by atoms with Crippen molar-refractivity contribution in [1.82, 2.24) is 15.2 Å². The number of aromatic nitrogens is 1. The minimum atomic E-state index is -0.586. The van der Waals surface area contributed by atoms with E-state index in [-0.39, 0.29) is 24.0 Å². The highest BCUT2D eigenvalue weighted by Gasteiger charge is 2.34. The molecule has 2 atom stereocenters. The Bertz CT molecular complexity index is 862. The van der Waals surface area contributed by atoms with Gasteiger partial charge in [-0.2, -0.15) is 0 Å². The molecule has 0 saturated carbocycles. The highest BCUT2D eigenvalue weighted by atomic mass is 16.6. The summed E-state index contributed by atoms with van der Waals surface area (Å²) >= 11 is 0. The second kappa shape index (κ2) is 9.15. The van der Waals surface area contributed by atoms with Crippen molar-refractivity contribution < 1.29 is 19.1 Å². The van der Waals surface area contributed by atoms with Crippen molar-refractivity contribution in [3.63, 3.8) is 0 Å². The number of hydrogen-bond acceptors (Lipinski definition) is 5. The monoisotopic (exact) mass is 411 g/mol. The number of carbonyl (C=O) groups is 2. The molecule has 2 unspecified atom stereocenters. The fourth-order valence-electron chi connectivity index (χ4n) is 3.55. The molecular formula is C23H29N3O4. The van der Waals surface area contributed by atoms with Gasteiger partial charge in [-0.3, -0.25) is 9.78 Å². The molecule has 0 radical (unpaired) electrons. The molecule has 1 N–H and O–H groups in total. The number of piperidine rings is 1. The van der Waals surface area contributed by atoms with Gasteiger partial charge in [0.1, 0.15) is 17.0 Å². The molecule has 1 saturated heterocycles. The lowest BCUT2D eigenvalue weighted by molar-refractivity contribution is 0.0164. The molecule has 0 spiro atoms. The van der Waals surface area contributed by atoms with Crippen LogP contribution in [0.2, 0.25) is 0 Å². The summed E-state index contributed by atoms with van der Waals surface area (Å²) in [5.74, 6) is 0.588.